The van der Waals surface area contributed by atoms with Crippen molar-refractivity contribution in [1.29, 1.82) is 0 Å². The molecular formula is C22H26N2O4. The van der Waals surface area contributed by atoms with Crippen molar-refractivity contribution in [2.45, 2.75) is 13.0 Å². The molecule has 0 spiro atoms. The van der Waals surface area contributed by atoms with E-state index >= 15 is 0 Å². The van der Waals surface area contributed by atoms with Gasteiger partial charge in [0.05, 0.1) is 20.3 Å². The first-order valence-corrected chi connectivity index (χ1v) is 9.10. The van der Waals surface area contributed by atoms with Crippen LogP contribution in [0.4, 0.5) is 0 Å². The fraction of sp³-hybridized carbons (Fsp3) is 0.318. The number of rotatable bonds is 7. The maximum atomic E-state index is 12.8. The molecule has 0 radical (unpaired) electrons. The fourth-order valence-corrected chi connectivity index (χ4v) is 3.26. The van der Waals surface area contributed by atoms with E-state index in [-0.39, 0.29) is 11.9 Å². The number of aryl methyl sites for hydroxylation is 1. The van der Waals surface area contributed by atoms with Crippen LogP contribution in [0.1, 0.15) is 27.7 Å². The number of ether oxygens (including phenoxy) is 2. The SMILES string of the molecule is COc1cccc([C@H](CNC(=O)c2oc3ccc(OC)cc3c2C)N(C)C)c1. The van der Waals surface area contributed by atoms with Gasteiger partial charge in [-0.2, -0.15) is 0 Å². The lowest BCUT2D eigenvalue weighted by atomic mass is 10.1. The molecule has 0 aliphatic carbocycles. The van der Waals surface area contributed by atoms with Crippen LogP contribution in [-0.2, 0) is 0 Å². The first kappa shape index (κ1) is 19.8. The third-order valence-corrected chi connectivity index (χ3v) is 4.91. The molecule has 0 saturated carbocycles. The third kappa shape index (κ3) is 3.97. The van der Waals surface area contributed by atoms with Gasteiger partial charge in [0, 0.05) is 17.5 Å². The van der Waals surface area contributed by atoms with Crippen molar-refractivity contribution >= 4 is 16.9 Å². The number of hydrogen-bond acceptors (Lipinski definition) is 5. The number of benzene rings is 2. The number of fused-ring (bicyclic) bond motifs is 1. The van der Waals surface area contributed by atoms with E-state index in [9.17, 15) is 4.79 Å². The van der Waals surface area contributed by atoms with Crippen molar-refractivity contribution in [3.05, 3.63) is 59.4 Å². The highest BCUT2D eigenvalue weighted by molar-refractivity contribution is 5.99. The van der Waals surface area contributed by atoms with E-state index in [2.05, 4.69) is 10.2 Å². The highest BCUT2D eigenvalue weighted by atomic mass is 16.5. The van der Waals surface area contributed by atoms with E-state index < -0.39 is 0 Å². The lowest BCUT2D eigenvalue weighted by Crippen LogP contribution is -2.34. The summed E-state index contributed by atoms with van der Waals surface area (Å²) in [6.07, 6.45) is 0. The quantitative estimate of drug-likeness (QED) is 0.674. The molecule has 1 atom stereocenters. The van der Waals surface area contributed by atoms with Crippen LogP contribution < -0.4 is 14.8 Å². The molecule has 148 valence electrons. The molecule has 1 heterocycles. The van der Waals surface area contributed by atoms with Gasteiger partial charge in [-0.25, -0.2) is 0 Å². The van der Waals surface area contributed by atoms with Crippen molar-refractivity contribution in [3.63, 3.8) is 0 Å². The average Bonchev–Trinajstić information content (AvgIpc) is 3.04. The van der Waals surface area contributed by atoms with E-state index in [1.807, 2.05) is 63.5 Å². The fourth-order valence-electron chi connectivity index (χ4n) is 3.26. The summed E-state index contributed by atoms with van der Waals surface area (Å²) in [5.74, 6) is 1.61. The standard InChI is InChI=1S/C22H26N2O4/c1-14-18-12-17(27-5)9-10-20(18)28-21(14)22(25)23-13-19(24(2)3)15-7-6-8-16(11-15)26-4/h6-12,19H,13H2,1-5H3,(H,23,25)/t19-/m0/s1. The Labute approximate surface area is 165 Å². The zero-order chi connectivity index (χ0) is 20.3. The molecule has 0 fully saturated rings. The molecule has 0 aliphatic heterocycles. The molecule has 0 aliphatic rings. The topological polar surface area (TPSA) is 63.9 Å². The van der Waals surface area contributed by atoms with Gasteiger partial charge in [0.2, 0.25) is 0 Å². The molecule has 1 aromatic heterocycles. The Kier molecular flexibility index (Phi) is 5.90. The summed E-state index contributed by atoms with van der Waals surface area (Å²) in [7, 11) is 7.22. The number of amides is 1. The van der Waals surface area contributed by atoms with Crippen molar-refractivity contribution in [2.24, 2.45) is 0 Å². The van der Waals surface area contributed by atoms with E-state index in [1.54, 1.807) is 14.2 Å². The number of nitrogens with one attached hydrogen (secondary N) is 1. The van der Waals surface area contributed by atoms with Crippen molar-refractivity contribution in [2.75, 3.05) is 34.9 Å². The highest BCUT2D eigenvalue weighted by Crippen LogP contribution is 2.29. The first-order valence-electron chi connectivity index (χ1n) is 9.10. The summed E-state index contributed by atoms with van der Waals surface area (Å²) in [4.78, 5) is 14.9. The molecular weight excluding hydrogens is 356 g/mol. The van der Waals surface area contributed by atoms with Crippen molar-refractivity contribution < 1.29 is 18.7 Å². The Morgan fingerprint density at radius 1 is 1.11 bits per heavy atom. The van der Waals surface area contributed by atoms with Gasteiger partial charge in [0.25, 0.3) is 5.91 Å². The lowest BCUT2D eigenvalue weighted by molar-refractivity contribution is 0.0915. The second-order valence-corrected chi connectivity index (χ2v) is 6.88. The minimum atomic E-state index is -0.234. The minimum absolute atomic E-state index is 0.00354. The molecule has 6 heteroatoms. The second kappa shape index (κ2) is 8.35. The Morgan fingerprint density at radius 2 is 1.82 bits per heavy atom. The van der Waals surface area contributed by atoms with Gasteiger partial charge in [-0.15, -0.1) is 0 Å². The normalized spacial score (nSPS) is 12.2. The molecule has 0 saturated heterocycles. The van der Waals surface area contributed by atoms with E-state index in [4.69, 9.17) is 13.9 Å². The zero-order valence-electron chi connectivity index (χ0n) is 16.9. The number of likely N-dealkylation sites (N-methyl/N-ethyl adjacent to an activating group) is 1. The Bertz CT molecular complexity index is 978. The molecule has 0 unspecified atom stereocenters. The van der Waals surface area contributed by atoms with Gasteiger partial charge >= 0.3 is 0 Å². The Hall–Kier alpha value is -2.99. The molecule has 6 nitrogen and oxygen atoms in total. The monoisotopic (exact) mass is 382 g/mol. The minimum Gasteiger partial charge on any atom is -0.497 e. The van der Waals surface area contributed by atoms with E-state index in [1.165, 1.54) is 0 Å². The Morgan fingerprint density at radius 3 is 2.50 bits per heavy atom. The van der Waals surface area contributed by atoms with Crippen LogP contribution >= 0.6 is 0 Å². The van der Waals surface area contributed by atoms with Crippen LogP contribution in [0.3, 0.4) is 0 Å². The van der Waals surface area contributed by atoms with Gasteiger partial charge in [-0.05, 0) is 56.9 Å². The molecule has 0 bridgehead atoms. The second-order valence-electron chi connectivity index (χ2n) is 6.88. The van der Waals surface area contributed by atoms with Gasteiger partial charge < -0.3 is 24.1 Å². The molecule has 28 heavy (non-hydrogen) atoms. The Balaban J connectivity index is 1.79. The van der Waals surface area contributed by atoms with Crippen molar-refractivity contribution in [3.8, 4) is 11.5 Å². The average molecular weight is 382 g/mol. The van der Waals surface area contributed by atoms with Crippen LogP contribution in [0.2, 0.25) is 0 Å². The number of furan rings is 1. The number of carbonyl (C=O) groups excluding carboxylic acids is 1. The predicted molar refractivity (Wildman–Crippen MR) is 109 cm³/mol. The first-order chi connectivity index (χ1) is 13.4. The number of hydrogen-bond donors (Lipinski definition) is 1. The maximum absolute atomic E-state index is 12.8. The summed E-state index contributed by atoms with van der Waals surface area (Å²) >= 11 is 0. The summed E-state index contributed by atoms with van der Waals surface area (Å²) in [5, 5.41) is 3.88. The summed E-state index contributed by atoms with van der Waals surface area (Å²) in [6.45, 7) is 2.32. The van der Waals surface area contributed by atoms with Crippen LogP contribution in [0, 0.1) is 6.92 Å². The largest absolute Gasteiger partial charge is 0.497 e. The summed E-state index contributed by atoms with van der Waals surface area (Å²) < 4.78 is 16.4. The van der Waals surface area contributed by atoms with Gasteiger partial charge in [-0.1, -0.05) is 12.1 Å². The molecule has 3 rings (SSSR count). The van der Waals surface area contributed by atoms with Crippen LogP contribution in [0.15, 0.2) is 46.9 Å². The third-order valence-electron chi connectivity index (χ3n) is 4.91. The number of nitrogens with zero attached hydrogens (tertiary/aromatic N) is 1. The van der Waals surface area contributed by atoms with E-state index in [0.717, 1.165) is 28.0 Å². The molecule has 3 aromatic rings. The molecule has 1 N–H and O–H groups in total. The number of carbonyl (C=O) groups is 1. The van der Waals surface area contributed by atoms with Gasteiger partial charge in [0.15, 0.2) is 5.76 Å². The summed E-state index contributed by atoms with van der Waals surface area (Å²) in [5.41, 5.74) is 2.53. The van der Waals surface area contributed by atoms with Gasteiger partial charge in [-0.3, -0.25) is 4.79 Å². The zero-order valence-corrected chi connectivity index (χ0v) is 16.9. The maximum Gasteiger partial charge on any atom is 0.287 e. The van der Waals surface area contributed by atoms with E-state index in [0.29, 0.717) is 17.9 Å². The van der Waals surface area contributed by atoms with Crippen LogP contribution in [0.25, 0.3) is 11.0 Å². The predicted octanol–water partition coefficient (Wildman–Crippen LogP) is 3.79. The van der Waals surface area contributed by atoms with Crippen molar-refractivity contribution in [1.82, 2.24) is 10.2 Å². The van der Waals surface area contributed by atoms with Crippen LogP contribution in [0.5, 0.6) is 11.5 Å². The highest BCUT2D eigenvalue weighted by Gasteiger charge is 2.21. The van der Waals surface area contributed by atoms with Gasteiger partial charge in [0.1, 0.15) is 17.1 Å². The summed E-state index contributed by atoms with van der Waals surface area (Å²) in [6, 6.07) is 13.4. The van der Waals surface area contributed by atoms with Crippen LogP contribution in [-0.4, -0.2) is 45.7 Å². The molecule has 2 aromatic carbocycles. The molecule has 1 amide bonds. The number of methoxy groups -OCH3 is 2. The smallest absolute Gasteiger partial charge is 0.287 e. The lowest BCUT2D eigenvalue weighted by Gasteiger charge is -2.25.